The quantitative estimate of drug-likeness (QED) is 0.506. The van der Waals surface area contributed by atoms with Crippen molar-refractivity contribution in [3.05, 3.63) is 33.8 Å². The molecule has 144 valence electrons. The van der Waals surface area contributed by atoms with E-state index in [9.17, 15) is 19.5 Å². The number of alkyl carbamates (subject to hydrolysis) is 1. The molecule has 1 amide bonds. The molecule has 0 saturated heterocycles. The fourth-order valence-corrected chi connectivity index (χ4v) is 2.41. The number of amides is 1. The van der Waals surface area contributed by atoms with Crippen LogP contribution in [0.3, 0.4) is 0 Å². The lowest BCUT2D eigenvalue weighted by Crippen LogP contribution is -2.38. The second-order valence-corrected chi connectivity index (χ2v) is 6.83. The first-order valence-electron chi connectivity index (χ1n) is 7.88. The first-order valence-corrected chi connectivity index (χ1v) is 8.64. The van der Waals surface area contributed by atoms with Gasteiger partial charge in [0, 0.05) is 29.4 Å². The molecule has 9 heteroatoms. The molecule has 0 aromatic heterocycles. The topological polar surface area (TPSA) is 102 Å². The number of ether oxygens (including phenoxy) is 2. The number of halogens is 2. The fraction of sp³-hybridized carbons (Fsp3) is 0.471. The number of esters is 1. The molecule has 0 spiro atoms. The Labute approximate surface area is 161 Å². The molecule has 0 heterocycles. The summed E-state index contributed by atoms with van der Waals surface area (Å²) >= 11 is 11.9. The van der Waals surface area contributed by atoms with Crippen LogP contribution in [0.25, 0.3) is 0 Å². The van der Waals surface area contributed by atoms with Crippen LogP contribution in [0.15, 0.2) is 18.2 Å². The first kappa shape index (κ1) is 22.1. The number of hydrogen-bond acceptors (Lipinski definition) is 5. The van der Waals surface area contributed by atoms with Gasteiger partial charge in [-0.15, -0.1) is 0 Å². The number of rotatable bonds is 8. The molecular weight excluding hydrogens is 385 g/mol. The van der Waals surface area contributed by atoms with Gasteiger partial charge in [-0.05, 0) is 30.2 Å². The van der Waals surface area contributed by atoms with Gasteiger partial charge in [-0.3, -0.25) is 9.59 Å². The number of nitrogens with one attached hydrogen (secondary N) is 1. The van der Waals surface area contributed by atoms with Gasteiger partial charge in [-0.25, -0.2) is 4.79 Å². The van der Waals surface area contributed by atoms with E-state index >= 15 is 0 Å². The normalized spacial score (nSPS) is 13.0. The second-order valence-electron chi connectivity index (χ2n) is 5.98. The third-order valence-corrected chi connectivity index (χ3v) is 3.97. The molecule has 1 aromatic carbocycles. The lowest BCUT2D eigenvalue weighted by atomic mass is 9.99. The minimum Gasteiger partial charge on any atom is -0.481 e. The van der Waals surface area contributed by atoms with Crippen LogP contribution in [0.5, 0.6) is 0 Å². The van der Waals surface area contributed by atoms with E-state index in [2.05, 4.69) is 5.32 Å². The van der Waals surface area contributed by atoms with Crippen LogP contribution >= 0.6 is 23.2 Å². The molecular formula is C17H21Cl2NO6. The van der Waals surface area contributed by atoms with Crippen LogP contribution in [-0.4, -0.2) is 36.0 Å². The maximum Gasteiger partial charge on any atom is 0.410 e. The Hall–Kier alpha value is -1.99. The van der Waals surface area contributed by atoms with Gasteiger partial charge >= 0.3 is 18.0 Å². The molecule has 7 nitrogen and oxygen atoms in total. The van der Waals surface area contributed by atoms with E-state index in [0.29, 0.717) is 15.6 Å². The van der Waals surface area contributed by atoms with Crippen LogP contribution in [0.2, 0.25) is 10.0 Å². The summed E-state index contributed by atoms with van der Waals surface area (Å²) < 4.78 is 9.90. The van der Waals surface area contributed by atoms with Crippen LogP contribution in [-0.2, 0) is 25.5 Å². The van der Waals surface area contributed by atoms with Gasteiger partial charge in [0.2, 0.25) is 0 Å². The SMILES string of the molecule is CC(=O)O[C@@H](OC(=O)NC[C@H](Cc1cc(Cl)ccc1Cl)C(=O)O)C(C)C. The molecule has 0 saturated carbocycles. The zero-order valence-electron chi connectivity index (χ0n) is 14.6. The molecule has 0 radical (unpaired) electrons. The minimum atomic E-state index is -1.11. The van der Waals surface area contributed by atoms with E-state index in [0.717, 1.165) is 0 Å². The number of carboxylic acids is 1. The number of carbonyl (C=O) groups is 3. The molecule has 0 aliphatic rings. The maximum absolute atomic E-state index is 11.9. The van der Waals surface area contributed by atoms with Crippen LogP contribution in [0.4, 0.5) is 4.79 Å². The van der Waals surface area contributed by atoms with Gasteiger partial charge in [0.25, 0.3) is 6.29 Å². The number of hydrogen-bond donors (Lipinski definition) is 2. The average molecular weight is 406 g/mol. The molecule has 2 atom stereocenters. The zero-order chi connectivity index (χ0) is 19.9. The van der Waals surface area contributed by atoms with Gasteiger partial charge in [-0.2, -0.15) is 0 Å². The van der Waals surface area contributed by atoms with E-state index in [1.54, 1.807) is 32.0 Å². The monoisotopic (exact) mass is 405 g/mol. The first-order chi connectivity index (χ1) is 12.1. The van der Waals surface area contributed by atoms with Crippen molar-refractivity contribution in [2.45, 2.75) is 33.5 Å². The zero-order valence-corrected chi connectivity index (χ0v) is 16.1. The van der Waals surface area contributed by atoms with E-state index in [4.69, 9.17) is 32.7 Å². The van der Waals surface area contributed by atoms with Crippen LogP contribution in [0, 0.1) is 11.8 Å². The third kappa shape index (κ3) is 7.49. The molecule has 0 aliphatic carbocycles. The number of carbonyl (C=O) groups excluding carboxylic acids is 2. The predicted molar refractivity (Wildman–Crippen MR) is 96.2 cm³/mol. The predicted octanol–water partition coefficient (Wildman–Crippen LogP) is 3.51. The number of carboxylic acid groups (broad SMARTS) is 1. The van der Waals surface area contributed by atoms with Crippen LogP contribution < -0.4 is 5.32 Å². The average Bonchev–Trinajstić information content (AvgIpc) is 2.53. The van der Waals surface area contributed by atoms with Gasteiger partial charge in [-0.1, -0.05) is 37.0 Å². The molecule has 1 aromatic rings. The summed E-state index contributed by atoms with van der Waals surface area (Å²) in [7, 11) is 0. The summed E-state index contributed by atoms with van der Waals surface area (Å²) in [6.45, 7) is 4.43. The molecule has 26 heavy (non-hydrogen) atoms. The summed E-state index contributed by atoms with van der Waals surface area (Å²) in [5.41, 5.74) is 0.557. The number of aliphatic carboxylic acids is 1. The highest BCUT2D eigenvalue weighted by Gasteiger charge is 2.24. The van der Waals surface area contributed by atoms with Crippen LogP contribution in [0.1, 0.15) is 26.3 Å². The highest BCUT2D eigenvalue weighted by Crippen LogP contribution is 2.23. The van der Waals surface area contributed by atoms with E-state index < -0.39 is 30.2 Å². The summed E-state index contributed by atoms with van der Waals surface area (Å²) in [4.78, 5) is 34.3. The Balaban J connectivity index is 2.68. The van der Waals surface area contributed by atoms with Gasteiger partial charge in [0.1, 0.15) is 0 Å². The molecule has 2 N–H and O–H groups in total. The minimum absolute atomic E-state index is 0.0760. The van der Waals surface area contributed by atoms with Crippen molar-refractivity contribution in [3.8, 4) is 0 Å². The molecule has 0 bridgehead atoms. The van der Waals surface area contributed by atoms with E-state index in [1.165, 1.54) is 6.92 Å². The van der Waals surface area contributed by atoms with E-state index in [1.807, 2.05) is 0 Å². The lowest BCUT2D eigenvalue weighted by Gasteiger charge is -2.21. The van der Waals surface area contributed by atoms with Gasteiger partial charge in [0.15, 0.2) is 0 Å². The molecule has 0 unspecified atom stereocenters. The van der Waals surface area contributed by atoms with Gasteiger partial charge < -0.3 is 19.9 Å². The highest BCUT2D eigenvalue weighted by molar-refractivity contribution is 6.33. The van der Waals surface area contributed by atoms with Gasteiger partial charge in [0.05, 0.1) is 5.92 Å². The maximum atomic E-state index is 11.9. The van der Waals surface area contributed by atoms with Crippen molar-refractivity contribution >= 4 is 41.2 Å². The van der Waals surface area contributed by atoms with Crippen molar-refractivity contribution in [1.82, 2.24) is 5.32 Å². The Bertz CT molecular complexity index is 665. The standard InChI is InChI=1S/C17H21Cl2NO6/c1-9(2)16(25-10(3)21)26-17(24)20-8-12(15(22)23)6-11-7-13(18)4-5-14(11)19/h4-5,7,9,12,16H,6,8H2,1-3H3,(H,20,24)(H,22,23)/t12-,16-/m0/s1. The smallest absolute Gasteiger partial charge is 0.410 e. The molecule has 0 aliphatic heterocycles. The summed E-state index contributed by atoms with van der Waals surface area (Å²) in [5, 5.41) is 12.5. The van der Waals surface area contributed by atoms with Crippen molar-refractivity contribution in [2.75, 3.05) is 6.54 Å². The van der Waals surface area contributed by atoms with Crippen molar-refractivity contribution < 1.29 is 29.0 Å². The van der Waals surface area contributed by atoms with Crippen molar-refractivity contribution in [2.24, 2.45) is 11.8 Å². The summed E-state index contributed by atoms with van der Waals surface area (Å²) in [6, 6.07) is 4.75. The highest BCUT2D eigenvalue weighted by atomic mass is 35.5. The second kappa shape index (κ2) is 10.2. The largest absolute Gasteiger partial charge is 0.481 e. The Morgan fingerprint density at radius 2 is 1.85 bits per heavy atom. The summed E-state index contributed by atoms with van der Waals surface area (Å²) in [5.74, 6) is -2.90. The molecule has 1 rings (SSSR count). The van der Waals surface area contributed by atoms with Crippen molar-refractivity contribution in [1.29, 1.82) is 0 Å². The Kier molecular flexibility index (Phi) is 8.68. The Morgan fingerprint density at radius 1 is 1.19 bits per heavy atom. The number of benzene rings is 1. The van der Waals surface area contributed by atoms with Crippen molar-refractivity contribution in [3.63, 3.8) is 0 Å². The summed E-state index contributed by atoms with van der Waals surface area (Å²) in [6.07, 6.45) is -1.86. The lowest BCUT2D eigenvalue weighted by molar-refractivity contribution is -0.172. The van der Waals surface area contributed by atoms with E-state index in [-0.39, 0.29) is 18.9 Å². The molecule has 0 fully saturated rings. The third-order valence-electron chi connectivity index (χ3n) is 3.37. The fourth-order valence-electron chi connectivity index (χ4n) is 2.03. The Morgan fingerprint density at radius 3 is 2.38 bits per heavy atom.